The van der Waals surface area contributed by atoms with Crippen LogP contribution in [0.5, 0.6) is 5.75 Å². The van der Waals surface area contributed by atoms with E-state index in [4.69, 9.17) is 5.73 Å². The maximum absolute atomic E-state index is 13.6. The third-order valence-electron chi connectivity index (χ3n) is 7.50. The fourth-order valence-corrected chi connectivity index (χ4v) is 5.78. The number of aliphatic hydroxyl groups excluding tert-OH is 2. The van der Waals surface area contributed by atoms with E-state index in [1.165, 1.54) is 6.07 Å². The van der Waals surface area contributed by atoms with Gasteiger partial charge < -0.3 is 31.5 Å². The third kappa shape index (κ3) is 3.52. The number of nitrogens with two attached hydrogens (primary N) is 1. The molecule has 10 nitrogen and oxygen atoms in total. The van der Waals surface area contributed by atoms with Crippen LogP contribution in [0.4, 0.5) is 5.69 Å². The van der Waals surface area contributed by atoms with Gasteiger partial charge in [0.1, 0.15) is 22.8 Å². The van der Waals surface area contributed by atoms with Crippen molar-refractivity contribution < 1.29 is 36.2 Å². The van der Waals surface area contributed by atoms with Crippen LogP contribution in [0.3, 0.4) is 0 Å². The number of nitrogens with one attached hydrogen (secondary N) is 1. The van der Waals surface area contributed by atoms with E-state index in [0.717, 1.165) is 16.8 Å². The molecule has 10 heteroatoms. The Kier molecular flexibility index (Phi) is 5.64. The smallest absolute Gasteiger partial charge is 0.255 e. The number of amides is 1. The number of hydrogen-bond acceptors (Lipinski definition) is 8. The van der Waals surface area contributed by atoms with Crippen LogP contribution in [0.25, 0.3) is 16.9 Å². The van der Waals surface area contributed by atoms with Gasteiger partial charge in [0, 0.05) is 32.1 Å². The zero-order chi connectivity index (χ0) is 26.6. The monoisotopic (exact) mass is 505 g/mol. The number of primary amides is 1. The van der Waals surface area contributed by atoms with Crippen LogP contribution >= 0.6 is 0 Å². The van der Waals surface area contributed by atoms with E-state index in [0.29, 0.717) is 5.56 Å². The molecule has 1 unspecified atom stereocenters. The maximum Gasteiger partial charge on any atom is 0.255 e. The number of aromatic hydroxyl groups is 1. The van der Waals surface area contributed by atoms with Crippen molar-refractivity contribution in [2.75, 3.05) is 12.4 Å². The Balaban J connectivity index is 0.00000336. The quantitative estimate of drug-likeness (QED) is 0.208. The number of fused-ring (bicyclic) bond motifs is 3. The van der Waals surface area contributed by atoms with Crippen molar-refractivity contribution >= 4 is 35.3 Å². The Morgan fingerprint density at radius 3 is 2.49 bits per heavy atom. The van der Waals surface area contributed by atoms with Crippen molar-refractivity contribution in [2.45, 2.75) is 24.9 Å². The first kappa shape index (κ1) is 24.3. The molecule has 2 aromatic rings. The fraction of sp³-hybridized carbons (Fsp3) is 0.259. The topological polar surface area (TPSA) is 183 Å². The molecule has 1 amide bonds. The second-order valence-electron chi connectivity index (χ2n) is 9.50. The Labute approximate surface area is 212 Å². The van der Waals surface area contributed by atoms with Crippen molar-refractivity contribution in [3.63, 3.8) is 0 Å². The average Bonchev–Trinajstić information content (AvgIpc) is 2.85. The van der Waals surface area contributed by atoms with Crippen LogP contribution in [0.1, 0.15) is 25.4 Å². The molecule has 1 saturated carbocycles. The Hall–Kier alpha value is -4.44. The zero-order valence-corrected chi connectivity index (χ0v) is 19.9. The first-order chi connectivity index (χ1) is 17.6. The van der Waals surface area contributed by atoms with Gasteiger partial charge in [-0.25, -0.2) is 0 Å². The molecule has 7 N–H and O–H groups in total. The molecule has 0 bridgehead atoms. The molecule has 0 spiro atoms. The maximum atomic E-state index is 13.6. The van der Waals surface area contributed by atoms with E-state index in [1.807, 2.05) is 24.3 Å². The lowest BCUT2D eigenvalue weighted by Gasteiger charge is -2.46. The van der Waals surface area contributed by atoms with Crippen LogP contribution in [0, 0.1) is 11.8 Å². The second kappa shape index (κ2) is 8.59. The molecule has 0 radical (unpaired) electrons. The van der Waals surface area contributed by atoms with Crippen molar-refractivity contribution in [1.82, 2.24) is 0 Å². The number of phenolic OH excluding ortho intramolecular Hbond substituents is 1. The van der Waals surface area contributed by atoms with E-state index >= 15 is 0 Å². The van der Waals surface area contributed by atoms with Gasteiger partial charge in [-0.15, -0.1) is 0 Å². The standard InChI is InChI=1S/C27H25N3O7.H2/c1-29-11-30-15-4-2-12(3-5-15)16-6-7-18(31)21-17(16)9-13-8-14-10-19(32)22(26(28)36)25(35)27(14,37)24(34)20(13)23(21)33;/h2-7,11,13-14,31,33,35,37H,8-10H2,1H3,(H2,28,36)(H,29,30);1H/t13-,14?,27+;/m1./s1. The van der Waals surface area contributed by atoms with E-state index in [9.17, 15) is 34.8 Å². The molecule has 3 aliphatic rings. The van der Waals surface area contributed by atoms with Gasteiger partial charge in [-0.05, 0) is 53.6 Å². The molecule has 3 aliphatic carbocycles. The van der Waals surface area contributed by atoms with E-state index in [2.05, 4.69) is 10.3 Å². The van der Waals surface area contributed by atoms with Gasteiger partial charge in [-0.3, -0.25) is 19.4 Å². The van der Waals surface area contributed by atoms with Gasteiger partial charge in [-0.2, -0.15) is 0 Å². The van der Waals surface area contributed by atoms with Gasteiger partial charge in [-0.1, -0.05) is 18.2 Å². The van der Waals surface area contributed by atoms with Gasteiger partial charge in [0.25, 0.3) is 5.91 Å². The number of hydrogen-bond donors (Lipinski definition) is 6. The first-order valence-electron chi connectivity index (χ1n) is 11.7. The number of ketones is 2. The highest BCUT2D eigenvalue weighted by Gasteiger charge is 2.60. The number of Topliss-reactive ketones (excluding diaryl/α,β-unsaturated/α-hetero) is 2. The highest BCUT2D eigenvalue weighted by Crippen LogP contribution is 2.53. The fourth-order valence-electron chi connectivity index (χ4n) is 5.78. The Morgan fingerprint density at radius 2 is 1.84 bits per heavy atom. The summed E-state index contributed by atoms with van der Waals surface area (Å²) in [5, 5.41) is 46.9. The number of nitrogens with zero attached hydrogens (tertiary/aromatic N) is 1. The van der Waals surface area contributed by atoms with Crippen LogP contribution in [-0.2, 0) is 20.8 Å². The molecule has 0 aromatic heterocycles. The molecule has 37 heavy (non-hydrogen) atoms. The molecule has 192 valence electrons. The largest absolute Gasteiger partial charge is 0.508 e. The summed E-state index contributed by atoms with van der Waals surface area (Å²) in [6.07, 6.45) is 1.51. The lowest BCUT2D eigenvalue weighted by atomic mass is 9.59. The van der Waals surface area contributed by atoms with Gasteiger partial charge in [0.2, 0.25) is 5.78 Å². The highest BCUT2D eigenvalue weighted by molar-refractivity contribution is 6.22. The van der Waals surface area contributed by atoms with Crippen molar-refractivity contribution in [3.8, 4) is 16.9 Å². The van der Waals surface area contributed by atoms with Gasteiger partial charge in [0.05, 0.1) is 11.9 Å². The van der Waals surface area contributed by atoms with Crippen LogP contribution in [-0.4, -0.2) is 56.9 Å². The lowest BCUT2D eigenvalue weighted by Crippen LogP contribution is -2.58. The summed E-state index contributed by atoms with van der Waals surface area (Å²) >= 11 is 0. The molecule has 3 atom stereocenters. The van der Waals surface area contributed by atoms with Crippen molar-refractivity contribution in [2.24, 2.45) is 22.6 Å². The van der Waals surface area contributed by atoms with E-state index < -0.39 is 52.0 Å². The van der Waals surface area contributed by atoms with Gasteiger partial charge >= 0.3 is 0 Å². The van der Waals surface area contributed by atoms with Crippen LogP contribution < -0.4 is 11.1 Å². The number of aliphatic hydroxyl groups is 3. The van der Waals surface area contributed by atoms with E-state index in [1.54, 1.807) is 19.5 Å². The van der Waals surface area contributed by atoms with Crippen LogP contribution in [0.15, 0.2) is 58.3 Å². The number of benzene rings is 2. The molecule has 0 saturated heterocycles. The summed E-state index contributed by atoms with van der Waals surface area (Å²) in [5.41, 5.74) is 4.70. The number of aliphatic imine (C=N–C) groups is 1. The normalized spacial score (nSPS) is 25.1. The number of rotatable bonds is 4. The van der Waals surface area contributed by atoms with Crippen LogP contribution in [0.2, 0.25) is 0 Å². The predicted octanol–water partition coefficient (Wildman–Crippen LogP) is 2.41. The Morgan fingerprint density at radius 1 is 1.14 bits per heavy atom. The molecule has 1 fully saturated rings. The minimum atomic E-state index is -2.58. The Bertz CT molecular complexity index is 1460. The minimum Gasteiger partial charge on any atom is -0.508 e. The van der Waals surface area contributed by atoms with Gasteiger partial charge in [0.15, 0.2) is 11.4 Å². The molecule has 0 aliphatic heterocycles. The van der Waals surface area contributed by atoms with Crippen molar-refractivity contribution in [3.05, 3.63) is 64.4 Å². The molecule has 0 heterocycles. The predicted molar refractivity (Wildman–Crippen MR) is 137 cm³/mol. The summed E-state index contributed by atoms with van der Waals surface area (Å²) in [4.78, 5) is 41.7. The number of phenols is 1. The summed E-state index contributed by atoms with van der Waals surface area (Å²) in [6.45, 7) is 0. The highest BCUT2D eigenvalue weighted by atomic mass is 16.3. The number of carbonyl (C=O) groups excluding carboxylic acids is 3. The molecule has 5 rings (SSSR count). The number of anilines is 1. The lowest BCUT2D eigenvalue weighted by molar-refractivity contribution is -0.147. The summed E-state index contributed by atoms with van der Waals surface area (Å²) < 4.78 is 0. The number of carbonyl (C=O) groups is 3. The molecule has 2 aromatic carbocycles. The summed E-state index contributed by atoms with van der Waals surface area (Å²) in [7, 11) is 1.65. The second-order valence-corrected chi connectivity index (χ2v) is 9.50. The third-order valence-corrected chi connectivity index (χ3v) is 7.50. The summed E-state index contributed by atoms with van der Waals surface area (Å²) in [5.74, 6) is -6.46. The SMILES string of the molecule is CN=CNc1ccc(-c2ccc(O)c3c2C[C@H]2CC4CC(=O)C(C(N)=O)=C(O)[C@@]4(O)C(=O)C2=C3O)cc1.[HH]. The zero-order valence-electron chi connectivity index (χ0n) is 19.9. The molecular weight excluding hydrogens is 478 g/mol. The summed E-state index contributed by atoms with van der Waals surface area (Å²) in [6, 6.07) is 10.6. The minimum absolute atomic E-state index is 0. The van der Waals surface area contributed by atoms with E-state index in [-0.39, 0.29) is 37.6 Å². The molecular formula is C27H27N3O7. The van der Waals surface area contributed by atoms with Crippen molar-refractivity contribution in [1.29, 1.82) is 0 Å². The average molecular weight is 506 g/mol. The first-order valence-corrected chi connectivity index (χ1v) is 11.7.